The molecular formula is C19H12F2N6O. The summed E-state index contributed by atoms with van der Waals surface area (Å²) in [4.78, 5) is 28.0. The van der Waals surface area contributed by atoms with Crippen LogP contribution in [0.3, 0.4) is 0 Å². The molecule has 0 unspecified atom stereocenters. The highest BCUT2D eigenvalue weighted by molar-refractivity contribution is 5.72. The second kappa shape index (κ2) is 6.08. The number of halogens is 2. The lowest BCUT2D eigenvalue weighted by Crippen LogP contribution is -2.19. The van der Waals surface area contributed by atoms with E-state index < -0.39 is 17.3 Å². The third-order valence-electron chi connectivity index (χ3n) is 4.54. The van der Waals surface area contributed by atoms with Crippen molar-refractivity contribution in [2.75, 3.05) is 0 Å². The standard InChI is InChI=1S/C19H12F2N6O/c20-12-4-3-5-13(21)11(12)10-27-18-14(24-19(27)28)8-23-17(25-18)15-9-22-16-6-1-2-7-26(15)16/h1-9H,10H2,(H,24,28). The maximum absolute atomic E-state index is 14.0. The molecule has 0 radical (unpaired) electrons. The molecule has 138 valence electrons. The first-order valence-corrected chi connectivity index (χ1v) is 8.43. The highest BCUT2D eigenvalue weighted by Gasteiger charge is 2.16. The molecule has 0 bridgehead atoms. The number of benzene rings is 1. The van der Waals surface area contributed by atoms with Gasteiger partial charge in [0.1, 0.15) is 28.5 Å². The summed E-state index contributed by atoms with van der Waals surface area (Å²) in [5, 5.41) is 0. The van der Waals surface area contributed by atoms with Crippen LogP contribution >= 0.6 is 0 Å². The molecule has 0 fully saturated rings. The molecular weight excluding hydrogens is 366 g/mol. The Hall–Kier alpha value is -3.88. The molecule has 0 amide bonds. The number of imidazole rings is 2. The van der Waals surface area contributed by atoms with Gasteiger partial charge in [-0.2, -0.15) is 0 Å². The lowest BCUT2D eigenvalue weighted by atomic mass is 10.2. The van der Waals surface area contributed by atoms with Crippen molar-refractivity contribution in [1.29, 1.82) is 0 Å². The van der Waals surface area contributed by atoms with E-state index >= 15 is 0 Å². The van der Waals surface area contributed by atoms with Crippen LogP contribution in [0.15, 0.2) is 59.8 Å². The molecule has 5 aromatic rings. The van der Waals surface area contributed by atoms with Crippen molar-refractivity contribution in [3.63, 3.8) is 0 Å². The largest absolute Gasteiger partial charge is 0.328 e. The molecule has 1 N–H and O–H groups in total. The molecule has 4 aromatic heterocycles. The van der Waals surface area contributed by atoms with Crippen LogP contribution in [-0.2, 0) is 6.54 Å². The Labute approximate surface area is 156 Å². The minimum atomic E-state index is -0.725. The van der Waals surface area contributed by atoms with Gasteiger partial charge in [0.15, 0.2) is 11.5 Å². The highest BCUT2D eigenvalue weighted by atomic mass is 19.1. The fourth-order valence-corrected chi connectivity index (χ4v) is 3.16. The van der Waals surface area contributed by atoms with Gasteiger partial charge in [-0.1, -0.05) is 12.1 Å². The Morgan fingerprint density at radius 3 is 2.64 bits per heavy atom. The van der Waals surface area contributed by atoms with Crippen LogP contribution in [0.4, 0.5) is 8.78 Å². The fourth-order valence-electron chi connectivity index (χ4n) is 3.16. The van der Waals surface area contributed by atoms with Crippen LogP contribution in [-0.4, -0.2) is 28.9 Å². The van der Waals surface area contributed by atoms with Crippen LogP contribution in [0.2, 0.25) is 0 Å². The number of aromatic amines is 1. The van der Waals surface area contributed by atoms with Crippen LogP contribution in [0, 0.1) is 11.6 Å². The number of rotatable bonds is 3. The van der Waals surface area contributed by atoms with E-state index in [2.05, 4.69) is 19.9 Å². The van der Waals surface area contributed by atoms with Crippen molar-refractivity contribution in [2.24, 2.45) is 0 Å². The summed E-state index contributed by atoms with van der Waals surface area (Å²) < 4.78 is 31.1. The van der Waals surface area contributed by atoms with Gasteiger partial charge in [0.2, 0.25) is 0 Å². The summed E-state index contributed by atoms with van der Waals surface area (Å²) in [7, 11) is 0. The van der Waals surface area contributed by atoms with Gasteiger partial charge >= 0.3 is 5.69 Å². The van der Waals surface area contributed by atoms with Gasteiger partial charge in [0.05, 0.1) is 18.9 Å². The van der Waals surface area contributed by atoms with E-state index in [1.54, 1.807) is 6.20 Å². The normalized spacial score (nSPS) is 11.5. The zero-order chi connectivity index (χ0) is 19.3. The van der Waals surface area contributed by atoms with E-state index in [-0.39, 0.29) is 17.8 Å². The van der Waals surface area contributed by atoms with Gasteiger partial charge in [-0.3, -0.25) is 8.97 Å². The predicted molar refractivity (Wildman–Crippen MR) is 97.8 cm³/mol. The maximum Gasteiger partial charge on any atom is 0.328 e. The van der Waals surface area contributed by atoms with Gasteiger partial charge in [-0.15, -0.1) is 0 Å². The Morgan fingerprint density at radius 2 is 1.82 bits per heavy atom. The summed E-state index contributed by atoms with van der Waals surface area (Å²) in [6.45, 7) is -0.291. The highest BCUT2D eigenvalue weighted by Crippen LogP contribution is 2.20. The van der Waals surface area contributed by atoms with Gasteiger partial charge in [0.25, 0.3) is 0 Å². The monoisotopic (exact) mass is 378 g/mol. The van der Waals surface area contributed by atoms with Crippen molar-refractivity contribution in [2.45, 2.75) is 6.54 Å². The van der Waals surface area contributed by atoms with Crippen molar-refractivity contribution >= 4 is 16.8 Å². The molecule has 1 aromatic carbocycles. The van der Waals surface area contributed by atoms with E-state index in [1.165, 1.54) is 16.8 Å². The van der Waals surface area contributed by atoms with E-state index in [9.17, 15) is 13.6 Å². The first-order chi connectivity index (χ1) is 13.6. The van der Waals surface area contributed by atoms with Gasteiger partial charge in [-0.05, 0) is 24.3 Å². The zero-order valence-electron chi connectivity index (χ0n) is 14.3. The molecule has 28 heavy (non-hydrogen) atoms. The number of hydrogen-bond donors (Lipinski definition) is 1. The quantitative estimate of drug-likeness (QED) is 0.524. The number of H-pyrrole nitrogens is 1. The summed E-state index contributed by atoms with van der Waals surface area (Å²) in [5.74, 6) is -1.11. The summed E-state index contributed by atoms with van der Waals surface area (Å²) in [6.07, 6.45) is 4.92. The molecule has 0 aliphatic carbocycles. The van der Waals surface area contributed by atoms with Gasteiger partial charge in [0, 0.05) is 11.8 Å². The van der Waals surface area contributed by atoms with Crippen molar-refractivity contribution in [1.82, 2.24) is 28.9 Å². The topological polar surface area (TPSA) is 80.9 Å². The number of pyridine rings is 1. The smallest absolute Gasteiger partial charge is 0.303 e. The van der Waals surface area contributed by atoms with Gasteiger partial charge < -0.3 is 4.98 Å². The average Bonchev–Trinajstić information content (AvgIpc) is 3.25. The SMILES string of the molecule is O=c1[nH]c2cnc(-c3cnc4ccccn34)nc2n1Cc1c(F)cccc1F. The fraction of sp³-hybridized carbons (Fsp3) is 0.0526. The second-order valence-corrected chi connectivity index (χ2v) is 6.22. The molecule has 0 spiro atoms. The van der Waals surface area contributed by atoms with E-state index in [4.69, 9.17) is 0 Å². The minimum absolute atomic E-state index is 0.208. The van der Waals surface area contributed by atoms with Crippen LogP contribution in [0.1, 0.15) is 5.56 Å². The molecule has 7 nitrogen and oxygen atoms in total. The molecule has 9 heteroatoms. The molecule has 0 atom stereocenters. The Balaban J connectivity index is 1.68. The first kappa shape index (κ1) is 16.3. The first-order valence-electron chi connectivity index (χ1n) is 8.43. The predicted octanol–water partition coefficient (Wildman–Crippen LogP) is 2.76. The molecule has 0 saturated carbocycles. The van der Waals surface area contributed by atoms with E-state index in [1.807, 2.05) is 28.8 Å². The van der Waals surface area contributed by atoms with Crippen LogP contribution in [0.25, 0.3) is 28.3 Å². The summed E-state index contributed by atoms with van der Waals surface area (Å²) in [6, 6.07) is 9.13. The number of nitrogens with one attached hydrogen (secondary N) is 1. The van der Waals surface area contributed by atoms with Crippen molar-refractivity contribution in [3.05, 3.63) is 82.7 Å². The lowest BCUT2D eigenvalue weighted by Gasteiger charge is -2.06. The Bertz CT molecular complexity index is 1380. The lowest BCUT2D eigenvalue weighted by molar-refractivity contribution is 0.544. The van der Waals surface area contributed by atoms with Crippen LogP contribution in [0.5, 0.6) is 0 Å². The van der Waals surface area contributed by atoms with Crippen molar-refractivity contribution in [3.8, 4) is 11.5 Å². The molecule has 0 aliphatic rings. The minimum Gasteiger partial charge on any atom is -0.303 e. The molecule has 0 saturated heterocycles. The second-order valence-electron chi connectivity index (χ2n) is 6.22. The number of nitrogens with zero attached hydrogens (tertiary/aromatic N) is 5. The summed E-state index contributed by atoms with van der Waals surface area (Å²) in [5.41, 5.74) is 1.25. The van der Waals surface area contributed by atoms with E-state index in [0.29, 0.717) is 17.0 Å². The van der Waals surface area contributed by atoms with Gasteiger partial charge in [-0.25, -0.2) is 28.5 Å². The number of hydrogen-bond acceptors (Lipinski definition) is 4. The maximum atomic E-state index is 14.0. The van der Waals surface area contributed by atoms with Crippen LogP contribution < -0.4 is 5.69 Å². The Morgan fingerprint density at radius 1 is 1.00 bits per heavy atom. The Kier molecular flexibility index (Phi) is 3.54. The zero-order valence-corrected chi connectivity index (χ0v) is 14.3. The van der Waals surface area contributed by atoms with E-state index in [0.717, 1.165) is 17.8 Å². The molecule has 5 rings (SSSR count). The van der Waals surface area contributed by atoms with Crippen molar-refractivity contribution < 1.29 is 8.78 Å². The third kappa shape index (κ3) is 2.48. The third-order valence-corrected chi connectivity index (χ3v) is 4.54. The molecule has 4 heterocycles. The summed E-state index contributed by atoms with van der Waals surface area (Å²) >= 11 is 0. The average molecular weight is 378 g/mol. The number of fused-ring (bicyclic) bond motifs is 2. The number of aromatic nitrogens is 6. The molecule has 0 aliphatic heterocycles.